The lowest BCUT2D eigenvalue weighted by molar-refractivity contribution is -0.153. The lowest BCUT2D eigenvalue weighted by Gasteiger charge is -2.27. The molecule has 0 spiro atoms. The SMILES string of the molecule is C=C(C(O)C[C@@H]1O[C@H](C[C@H](C)CC)[C@H](C)[C@H]1CSc1ccccc1)[C@H](C)C[C@H](C)CC[C@@H]1O[C@@H](CCCOC(=O)C(C)(C)C)CC1=C.C=C(I)[C@H](C)C[C@H](C)CC[C@@H]1O[C@@H](CCCOC(=O)C(C)(C)C)CC1=C.CC[C@@H](C)C[C@H]1O[C@@H](CC=O)[C@H](CSc2ccccc2)[C@H]1C. The molecule has 19 atom stereocenters. The molecule has 13 heteroatoms. The van der Waals surface area contributed by atoms with Crippen molar-refractivity contribution < 1.29 is 47.9 Å². The molecule has 6 rings (SSSR count). The quantitative estimate of drug-likeness (QED) is 0.0173. The fourth-order valence-corrected chi connectivity index (χ4v) is 16.2. The van der Waals surface area contributed by atoms with E-state index in [1.54, 1.807) is 0 Å². The maximum absolute atomic E-state index is 12.0. The van der Waals surface area contributed by atoms with E-state index in [0.717, 1.165) is 113 Å². The van der Waals surface area contributed by atoms with Crippen LogP contribution in [0.4, 0.5) is 0 Å². The molecular formula is C82H131IO10S2. The first-order valence-electron chi connectivity index (χ1n) is 36.7. The second kappa shape index (κ2) is 43.1. The zero-order chi connectivity index (χ0) is 70.6. The van der Waals surface area contributed by atoms with E-state index in [1.165, 1.54) is 37.4 Å². The highest BCUT2D eigenvalue weighted by atomic mass is 127. The van der Waals surface area contributed by atoms with Crippen molar-refractivity contribution in [1.29, 1.82) is 0 Å². The van der Waals surface area contributed by atoms with Crippen LogP contribution in [0.3, 0.4) is 0 Å². The fraction of sp³-hybridized carbons (Fsp3) is 0.720. The van der Waals surface area contributed by atoms with Crippen molar-refractivity contribution in [3.05, 3.63) is 107 Å². The molecule has 4 aliphatic heterocycles. The number of benzene rings is 2. The Balaban J connectivity index is 0.000000336. The van der Waals surface area contributed by atoms with E-state index < -0.39 is 16.9 Å². The van der Waals surface area contributed by atoms with Crippen molar-refractivity contribution in [2.75, 3.05) is 24.7 Å². The Labute approximate surface area is 601 Å². The third kappa shape index (κ3) is 30.5. The summed E-state index contributed by atoms with van der Waals surface area (Å²) in [6, 6.07) is 21.1. The normalized spacial score (nSPS) is 26.6. The van der Waals surface area contributed by atoms with Crippen LogP contribution < -0.4 is 0 Å². The van der Waals surface area contributed by atoms with E-state index >= 15 is 0 Å². The van der Waals surface area contributed by atoms with Crippen molar-refractivity contribution in [3.8, 4) is 0 Å². The number of allylic oxidation sites excluding steroid dienone is 1. The van der Waals surface area contributed by atoms with Gasteiger partial charge in [0, 0.05) is 34.1 Å². The molecular weight excluding hydrogens is 1340 g/mol. The van der Waals surface area contributed by atoms with Gasteiger partial charge in [-0.25, -0.2) is 0 Å². The number of aldehydes is 1. The summed E-state index contributed by atoms with van der Waals surface area (Å²) in [6.45, 7) is 52.0. The number of ether oxygens (including phenoxy) is 6. The van der Waals surface area contributed by atoms with Crippen LogP contribution in [0, 0.1) is 70.0 Å². The summed E-state index contributed by atoms with van der Waals surface area (Å²) >= 11 is 6.12. The van der Waals surface area contributed by atoms with Gasteiger partial charge in [-0.2, -0.15) is 0 Å². The zero-order valence-electron chi connectivity index (χ0n) is 62.0. The minimum atomic E-state index is -0.567. The van der Waals surface area contributed by atoms with Crippen LogP contribution in [0.2, 0.25) is 0 Å². The number of halogens is 1. The van der Waals surface area contributed by atoms with Crippen molar-refractivity contribution >= 4 is 64.3 Å². The van der Waals surface area contributed by atoms with Crippen LogP contribution in [0.25, 0.3) is 0 Å². The Morgan fingerprint density at radius 3 is 1.39 bits per heavy atom. The Bertz CT molecular complexity index is 2580. The Kier molecular flexibility index (Phi) is 38.4. The molecule has 2 aromatic rings. The number of esters is 2. The van der Waals surface area contributed by atoms with Gasteiger partial charge in [-0.05, 0) is 258 Å². The molecule has 0 radical (unpaired) electrons. The molecule has 4 aliphatic rings. The van der Waals surface area contributed by atoms with Gasteiger partial charge >= 0.3 is 11.9 Å². The number of hydrogen-bond acceptors (Lipinski definition) is 12. The van der Waals surface area contributed by atoms with Gasteiger partial charge in [-0.1, -0.05) is 145 Å². The highest BCUT2D eigenvalue weighted by Crippen LogP contribution is 2.44. The Hall–Kier alpha value is -2.76. The van der Waals surface area contributed by atoms with Crippen LogP contribution in [-0.4, -0.2) is 103 Å². The van der Waals surface area contributed by atoms with Gasteiger partial charge in [-0.3, -0.25) is 9.59 Å². The summed E-state index contributed by atoms with van der Waals surface area (Å²) in [5, 5.41) is 11.4. The maximum Gasteiger partial charge on any atom is 0.311 e. The first-order valence-corrected chi connectivity index (χ1v) is 39.7. The molecule has 0 aromatic heterocycles. The van der Waals surface area contributed by atoms with E-state index in [1.807, 2.05) is 71.1 Å². The van der Waals surface area contributed by atoms with Gasteiger partial charge < -0.3 is 38.3 Å². The average molecular weight is 1470 g/mol. The number of carbonyl (C=O) groups is 3. The number of carbonyl (C=O) groups excluding carboxylic acids is 3. The van der Waals surface area contributed by atoms with Gasteiger partial charge in [0.05, 0.1) is 79.0 Å². The molecule has 4 fully saturated rings. The Morgan fingerprint density at radius 2 is 1.00 bits per heavy atom. The molecule has 0 amide bonds. The lowest BCUT2D eigenvalue weighted by Crippen LogP contribution is -2.29. The van der Waals surface area contributed by atoms with Crippen molar-refractivity contribution in [3.63, 3.8) is 0 Å². The van der Waals surface area contributed by atoms with Crippen LogP contribution >= 0.6 is 46.1 Å². The third-order valence-electron chi connectivity index (χ3n) is 20.6. The highest BCUT2D eigenvalue weighted by molar-refractivity contribution is 14.1. The first-order chi connectivity index (χ1) is 44.8. The van der Waals surface area contributed by atoms with Gasteiger partial charge in [0.15, 0.2) is 0 Å². The summed E-state index contributed by atoms with van der Waals surface area (Å²) in [4.78, 5) is 37.3. The standard InChI is InChI=1S/C41H66O5S.C22H37IO3.C19H28O2S/c1-11-27(2)23-38-32(7)35(26-47-34-17-13-12-14-18-34)39(46-38)25-36(42)31(6)29(4)22-28(3)19-20-37-30(5)24-33(45-37)16-15-21-44-40(43)41(8,9)10;1-15(13-16(2)18(4)23)10-11-20-17(3)14-19(26-20)9-8-12-25-21(24)22(5,6)7;1-4-14(2)12-19-15(3)17(18(21-19)10-11-20)13-22-16-8-6-5-7-9-16/h12-14,17-18,27-29,32-33,35-39,42H,5-6,11,15-16,19-26H2,1-4,7-10H3;15-16,19-20H,3-4,8-14H2,1-2,5-7H3;5-9,11,14-15,17-19H,4,10,12-13H2,1-3H3/t27-,28-,29-,32-,33+,35-,36?,37+,38-,39+;15-,16-,19+,20+;14-,15-,17-,18+,19-/m111/s1. The topological polar surface area (TPSA) is 127 Å². The van der Waals surface area contributed by atoms with Gasteiger partial charge in [0.1, 0.15) is 6.29 Å². The number of thioether (sulfide) groups is 2. The molecule has 95 heavy (non-hydrogen) atoms. The fourth-order valence-electron chi connectivity index (χ4n) is 13.5. The number of aliphatic hydroxyl groups excluding tert-OH is 1. The minimum absolute atomic E-state index is 0.0376. The summed E-state index contributed by atoms with van der Waals surface area (Å²) in [7, 11) is 0. The highest BCUT2D eigenvalue weighted by Gasteiger charge is 2.44. The molecule has 0 aliphatic carbocycles. The van der Waals surface area contributed by atoms with Crippen LogP contribution in [0.5, 0.6) is 0 Å². The molecule has 2 aromatic carbocycles. The maximum atomic E-state index is 12.0. The van der Waals surface area contributed by atoms with Crippen LogP contribution in [0.15, 0.2) is 117 Å². The van der Waals surface area contributed by atoms with Crippen molar-refractivity contribution in [2.24, 2.45) is 70.0 Å². The number of aliphatic hydroxyl groups is 1. The lowest BCUT2D eigenvalue weighted by atomic mass is 9.82. The van der Waals surface area contributed by atoms with E-state index in [0.29, 0.717) is 85.4 Å². The third-order valence-corrected chi connectivity index (χ3v) is 24.0. The molecule has 1 unspecified atom stereocenters. The molecule has 1 N–H and O–H groups in total. The number of hydrogen-bond donors (Lipinski definition) is 1. The molecule has 4 saturated heterocycles. The monoisotopic (exact) mass is 1470 g/mol. The smallest absolute Gasteiger partial charge is 0.311 e. The largest absolute Gasteiger partial charge is 0.465 e. The average Bonchev–Trinajstić information content (AvgIpc) is 1.69. The Morgan fingerprint density at radius 1 is 0.600 bits per heavy atom. The summed E-state index contributed by atoms with van der Waals surface area (Å²) < 4.78 is 37.5. The predicted molar refractivity (Wildman–Crippen MR) is 407 cm³/mol. The van der Waals surface area contributed by atoms with E-state index in [9.17, 15) is 19.5 Å². The second-order valence-electron chi connectivity index (χ2n) is 31.3. The van der Waals surface area contributed by atoms with Crippen molar-refractivity contribution in [2.45, 2.75) is 291 Å². The molecule has 4 heterocycles. The predicted octanol–water partition coefficient (Wildman–Crippen LogP) is 21.4. The van der Waals surface area contributed by atoms with Crippen LogP contribution in [-0.2, 0) is 42.8 Å². The van der Waals surface area contributed by atoms with Gasteiger partial charge in [0.2, 0.25) is 0 Å². The van der Waals surface area contributed by atoms with Crippen LogP contribution in [0.1, 0.15) is 226 Å². The van der Waals surface area contributed by atoms with E-state index in [2.05, 4.69) is 173 Å². The summed E-state index contributed by atoms with van der Waals surface area (Å²) in [5.74, 6) is 6.85. The number of rotatable bonds is 37. The van der Waals surface area contributed by atoms with E-state index in [4.69, 9.17) is 28.4 Å². The van der Waals surface area contributed by atoms with Crippen molar-refractivity contribution in [1.82, 2.24) is 0 Å². The minimum Gasteiger partial charge on any atom is -0.465 e. The van der Waals surface area contributed by atoms with E-state index in [-0.39, 0.29) is 60.6 Å². The summed E-state index contributed by atoms with van der Waals surface area (Å²) in [6.07, 6.45) is 19.2. The van der Waals surface area contributed by atoms with Gasteiger partial charge in [-0.15, -0.1) is 23.5 Å². The zero-order valence-corrected chi connectivity index (χ0v) is 65.8. The summed E-state index contributed by atoms with van der Waals surface area (Å²) in [5.41, 5.74) is 2.44. The molecule has 538 valence electrons. The molecule has 0 saturated carbocycles. The second-order valence-corrected chi connectivity index (χ2v) is 34.9. The molecule has 10 nitrogen and oxygen atoms in total. The van der Waals surface area contributed by atoms with Gasteiger partial charge in [0.25, 0.3) is 0 Å². The molecule has 0 bridgehead atoms. The first kappa shape index (κ1) is 84.7.